The molecule has 2 rings (SSSR count). The molecule has 0 saturated carbocycles. The lowest BCUT2D eigenvalue weighted by Crippen LogP contribution is -2.49. The van der Waals surface area contributed by atoms with Crippen LogP contribution in [0.1, 0.15) is 32.3 Å². The Morgan fingerprint density at radius 3 is 2.58 bits per heavy atom. The summed E-state index contributed by atoms with van der Waals surface area (Å²) in [6.07, 6.45) is 1.24. The number of likely N-dealkylation sites (N-methyl/N-ethyl adjacent to an activating group) is 1. The van der Waals surface area contributed by atoms with Crippen LogP contribution in [0.4, 0.5) is 0 Å². The Morgan fingerprint density at radius 2 is 1.96 bits per heavy atom. The van der Waals surface area contributed by atoms with Crippen molar-refractivity contribution in [3.05, 3.63) is 34.9 Å². The molecule has 0 bridgehead atoms. The number of likely N-dealkylation sites (tertiary alicyclic amines) is 1. The van der Waals surface area contributed by atoms with Crippen molar-refractivity contribution in [1.29, 1.82) is 0 Å². The van der Waals surface area contributed by atoms with Gasteiger partial charge in [0, 0.05) is 25.2 Å². The number of hydrogen-bond acceptors (Lipinski definition) is 3. The molecule has 1 aromatic carbocycles. The fourth-order valence-electron chi connectivity index (χ4n) is 3.34. The molecule has 0 aromatic heterocycles. The first-order valence-electron chi connectivity index (χ1n) is 8.65. The Kier molecular flexibility index (Phi) is 6.29. The zero-order valence-electron chi connectivity index (χ0n) is 15.4. The van der Waals surface area contributed by atoms with Gasteiger partial charge in [-0.2, -0.15) is 0 Å². The molecule has 1 aliphatic rings. The van der Waals surface area contributed by atoms with Gasteiger partial charge in [0.2, 0.25) is 11.8 Å². The zero-order chi connectivity index (χ0) is 19.5. The molecule has 26 heavy (non-hydrogen) atoms. The van der Waals surface area contributed by atoms with Crippen molar-refractivity contribution in [3.8, 4) is 0 Å². The fourth-order valence-corrected chi connectivity index (χ4v) is 3.71. The van der Waals surface area contributed by atoms with Crippen molar-refractivity contribution >= 4 is 29.4 Å². The number of carbonyl (C=O) groups excluding carboxylic acids is 2. The second-order valence-electron chi connectivity index (χ2n) is 7.28. The van der Waals surface area contributed by atoms with Gasteiger partial charge in [0.05, 0.1) is 17.9 Å². The molecule has 1 saturated heterocycles. The van der Waals surface area contributed by atoms with Crippen LogP contribution in [-0.4, -0.2) is 59.4 Å². The van der Waals surface area contributed by atoms with E-state index in [4.69, 9.17) is 16.7 Å². The number of piperidine rings is 1. The van der Waals surface area contributed by atoms with Crippen molar-refractivity contribution in [2.24, 2.45) is 5.92 Å². The van der Waals surface area contributed by atoms with E-state index >= 15 is 0 Å². The van der Waals surface area contributed by atoms with E-state index in [9.17, 15) is 14.4 Å². The van der Waals surface area contributed by atoms with Crippen LogP contribution in [0.15, 0.2) is 24.3 Å². The van der Waals surface area contributed by atoms with Gasteiger partial charge in [-0.3, -0.25) is 14.4 Å². The summed E-state index contributed by atoms with van der Waals surface area (Å²) in [5.41, 5.74) is -0.173. The minimum absolute atomic E-state index is 0.0843. The lowest BCUT2D eigenvalue weighted by molar-refractivity contribution is -0.148. The van der Waals surface area contributed by atoms with Crippen LogP contribution in [0.25, 0.3) is 0 Å². The summed E-state index contributed by atoms with van der Waals surface area (Å²) in [6.45, 7) is 4.19. The number of amides is 2. The van der Waals surface area contributed by atoms with Gasteiger partial charge in [-0.05, 0) is 38.3 Å². The van der Waals surface area contributed by atoms with Crippen LogP contribution < -0.4 is 0 Å². The number of nitrogens with zero attached hydrogens (tertiary/aromatic N) is 2. The van der Waals surface area contributed by atoms with E-state index in [1.54, 1.807) is 39.1 Å². The Bertz CT molecular complexity index is 705. The van der Waals surface area contributed by atoms with E-state index in [2.05, 4.69) is 0 Å². The van der Waals surface area contributed by atoms with Gasteiger partial charge in [-0.1, -0.05) is 29.8 Å². The Hall–Kier alpha value is -2.08. The van der Waals surface area contributed by atoms with Crippen LogP contribution in [0.2, 0.25) is 5.02 Å². The highest BCUT2D eigenvalue weighted by Gasteiger charge is 2.35. The van der Waals surface area contributed by atoms with E-state index in [1.807, 2.05) is 6.07 Å². The van der Waals surface area contributed by atoms with Crippen molar-refractivity contribution in [2.75, 3.05) is 26.7 Å². The van der Waals surface area contributed by atoms with E-state index in [0.717, 1.165) is 0 Å². The Labute approximate surface area is 158 Å². The second kappa shape index (κ2) is 8.08. The van der Waals surface area contributed by atoms with E-state index < -0.39 is 17.3 Å². The molecule has 7 heteroatoms. The third kappa shape index (κ3) is 4.36. The van der Waals surface area contributed by atoms with Gasteiger partial charge in [0.1, 0.15) is 0 Å². The molecule has 0 aliphatic carbocycles. The molecule has 1 fully saturated rings. The fraction of sp³-hybridized carbons (Fsp3) is 0.526. The molecule has 1 unspecified atom stereocenters. The molecule has 1 aliphatic heterocycles. The van der Waals surface area contributed by atoms with Crippen LogP contribution in [0.3, 0.4) is 0 Å². The maximum Gasteiger partial charge on any atom is 0.308 e. The molecule has 1 heterocycles. The van der Waals surface area contributed by atoms with Crippen molar-refractivity contribution in [3.63, 3.8) is 0 Å². The van der Waals surface area contributed by atoms with Crippen molar-refractivity contribution in [2.45, 2.75) is 32.1 Å². The smallest absolute Gasteiger partial charge is 0.308 e. The molecule has 2 amide bonds. The van der Waals surface area contributed by atoms with Gasteiger partial charge in [-0.15, -0.1) is 0 Å². The molecule has 6 nitrogen and oxygen atoms in total. The first-order chi connectivity index (χ1) is 12.1. The molecule has 1 aromatic rings. The summed E-state index contributed by atoms with van der Waals surface area (Å²) in [6, 6.07) is 7.16. The number of benzene rings is 1. The highest BCUT2D eigenvalue weighted by atomic mass is 35.5. The van der Waals surface area contributed by atoms with Crippen LogP contribution in [-0.2, 0) is 19.8 Å². The Balaban J connectivity index is 2.05. The lowest BCUT2D eigenvalue weighted by Gasteiger charge is -2.34. The van der Waals surface area contributed by atoms with Gasteiger partial charge in [0.15, 0.2) is 0 Å². The van der Waals surface area contributed by atoms with E-state index in [-0.39, 0.29) is 24.9 Å². The predicted octanol–water partition coefficient (Wildman–Crippen LogP) is 2.40. The summed E-state index contributed by atoms with van der Waals surface area (Å²) in [5, 5.41) is 9.66. The number of carboxylic acid groups (broad SMARTS) is 1. The summed E-state index contributed by atoms with van der Waals surface area (Å²) >= 11 is 6.23. The number of hydrogen-bond donors (Lipinski definition) is 1. The minimum Gasteiger partial charge on any atom is -0.481 e. The molecular weight excluding hydrogens is 356 g/mol. The standard InChI is InChI=1S/C19H25ClN2O4/c1-19(2,14-8-4-5-9-15(14)20)18(26)21(3)12-16(23)22-10-6-7-13(11-22)17(24)25/h4-5,8-9,13H,6-7,10-12H2,1-3H3,(H,24,25). The summed E-state index contributed by atoms with van der Waals surface area (Å²) in [4.78, 5) is 39.5. The van der Waals surface area contributed by atoms with E-state index in [1.165, 1.54) is 9.80 Å². The van der Waals surface area contributed by atoms with Crippen molar-refractivity contribution < 1.29 is 19.5 Å². The van der Waals surface area contributed by atoms with Gasteiger partial charge < -0.3 is 14.9 Å². The monoisotopic (exact) mass is 380 g/mol. The number of carbonyl (C=O) groups is 3. The van der Waals surface area contributed by atoms with Crippen molar-refractivity contribution in [1.82, 2.24) is 9.80 Å². The molecule has 0 spiro atoms. The molecule has 0 radical (unpaired) electrons. The first kappa shape index (κ1) is 20.2. The SMILES string of the molecule is CN(CC(=O)N1CCCC(C(=O)O)C1)C(=O)C(C)(C)c1ccccc1Cl. The number of aliphatic carboxylic acids is 1. The summed E-state index contributed by atoms with van der Waals surface area (Å²) in [7, 11) is 1.58. The van der Waals surface area contributed by atoms with Gasteiger partial charge >= 0.3 is 5.97 Å². The predicted molar refractivity (Wildman–Crippen MR) is 99.1 cm³/mol. The molecule has 142 valence electrons. The largest absolute Gasteiger partial charge is 0.481 e. The zero-order valence-corrected chi connectivity index (χ0v) is 16.1. The third-order valence-corrected chi connectivity index (χ3v) is 5.25. The Morgan fingerprint density at radius 1 is 1.31 bits per heavy atom. The molecule has 1 N–H and O–H groups in total. The van der Waals surface area contributed by atoms with Crippen LogP contribution in [0, 0.1) is 5.92 Å². The number of rotatable bonds is 5. The minimum atomic E-state index is -0.883. The first-order valence-corrected chi connectivity index (χ1v) is 9.03. The average molecular weight is 381 g/mol. The summed E-state index contributed by atoms with van der Waals surface area (Å²) in [5.74, 6) is -1.87. The quantitative estimate of drug-likeness (QED) is 0.850. The van der Waals surface area contributed by atoms with Gasteiger partial charge in [-0.25, -0.2) is 0 Å². The highest BCUT2D eigenvalue weighted by molar-refractivity contribution is 6.31. The molecule has 1 atom stereocenters. The average Bonchev–Trinajstić information content (AvgIpc) is 2.61. The molecular formula is C19H25ClN2O4. The topological polar surface area (TPSA) is 77.9 Å². The number of halogens is 1. The van der Waals surface area contributed by atoms with Crippen LogP contribution >= 0.6 is 11.6 Å². The second-order valence-corrected chi connectivity index (χ2v) is 7.69. The van der Waals surface area contributed by atoms with Crippen LogP contribution in [0.5, 0.6) is 0 Å². The van der Waals surface area contributed by atoms with Gasteiger partial charge in [0.25, 0.3) is 0 Å². The van der Waals surface area contributed by atoms with E-state index in [0.29, 0.717) is 30.0 Å². The summed E-state index contributed by atoms with van der Waals surface area (Å²) < 4.78 is 0. The lowest BCUT2D eigenvalue weighted by atomic mass is 9.83. The maximum atomic E-state index is 12.9. The number of carboxylic acids is 1. The highest BCUT2D eigenvalue weighted by Crippen LogP contribution is 2.31. The normalized spacial score (nSPS) is 17.7. The third-order valence-electron chi connectivity index (χ3n) is 4.92. The maximum absolute atomic E-state index is 12.9.